The van der Waals surface area contributed by atoms with Crippen LogP contribution >= 0.6 is 11.3 Å². The van der Waals surface area contributed by atoms with E-state index in [1.54, 1.807) is 35.0 Å². The monoisotopic (exact) mass is 561 g/mol. The predicted molar refractivity (Wildman–Crippen MR) is 151 cm³/mol. The lowest BCUT2D eigenvalue weighted by molar-refractivity contribution is 0.194. The van der Waals surface area contributed by atoms with Gasteiger partial charge in [-0.1, -0.05) is 23.4 Å². The molecule has 0 spiro atoms. The smallest absolute Gasteiger partial charge is 0.252 e. The molecule has 39 heavy (non-hydrogen) atoms. The first-order valence-corrected chi connectivity index (χ1v) is 14.9. The van der Waals surface area contributed by atoms with Crippen LogP contribution in [0.2, 0.25) is 0 Å². The lowest BCUT2D eigenvalue weighted by Crippen LogP contribution is -2.49. The Morgan fingerprint density at radius 1 is 1.05 bits per heavy atom. The van der Waals surface area contributed by atoms with Gasteiger partial charge in [-0.25, -0.2) is 18.4 Å². The van der Waals surface area contributed by atoms with Gasteiger partial charge < -0.3 is 9.84 Å². The zero-order chi connectivity index (χ0) is 26.8. The zero-order valence-electron chi connectivity index (χ0n) is 21.3. The molecule has 5 heterocycles. The molecule has 10 nitrogen and oxygen atoms in total. The highest BCUT2D eigenvalue weighted by Gasteiger charge is 2.30. The third-order valence-corrected chi connectivity index (χ3v) is 10.2. The summed E-state index contributed by atoms with van der Waals surface area (Å²) in [5, 5.41) is 8.29. The third-order valence-electron chi connectivity index (χ3n) is 6.74. The van der Waals surface area contributed by atoms with Crippen LogP contribution in [0.15, 0.2) is 76.0 Å². The molecule has 0 bridgehead atoms. The number of sulfonamides is 1. The van der Waals surface area contributed by atoms with Crippen LogP contribution in [-0.4, -0.2) is 77.0 Å². The lowest BCUT2D eigenvalue weighted by Gasteiger charge is -2.33. The van der Waals surface area contributed by atoms with Gasteiger partial charge in [-0.3, -0.25) is 9.88 Å². The molecule has 0 aliphatic carbocycles. The summed E-state index contributed by atoms with van der Waals surface area (Å²) < 4.78 is 33.6. The highest BCUT2D eigenvalue weighted by molar-refractivity contribution is 7.91. The van der Waals surface area contributed by atoms with Crippen molar-refractivity contribution in [3.63, 3.8) is 0 Å². The molecule has 1 aliphatic heterocycles. The molecule has 0 saturated carbocycles. The van der Waals surface area contributed by atoms with Crippen molar-refractivity contribution in [2.24, 2.45) is 0 Å². The average Bonchev–Trinajstić information content (AvgIpc) is 3.64. The van der Waals surface area contributed by atoms with Gasteiger partial charge in [-0.15, -0.1) is 11.3 Å². The summed E-state index contributed by atoms with van der Waals surface area (Å²) in [5.41, 5.74) is 3.65. The van der Waals surface area contributed by atoms with Crippen molar-refractivity contribution in [2.75, 3.05) is 44.6 Å². The Balaban J connectivity index is 1.06. The molecule has 1 aromatic carbocycles. The second kappa shape index (κ2) is 10.8. The minimum Gasteiger partial charge on any atom is -0.368 e. The summed E-state index contributed by atoms with van der Waals surface area (Å²) in [7, 11) is -3.55. The quantitative estimate of drug-likeness (QED) is 0.298. The molecule has 4 aromatic heterocycles. The number of nitrogens with one attached hydrogen (secondary N) is 1. The van der Waals surface area contributed by atoms with Gasteiger partial charge in [0.15, 0.2) is 5.76 Å². The van der Waals surface area contributed by atoms with Crippen molar-refractivity contribution in [3.8, 4) is 21.8 Å². The number of piperazine rings is 1. The van der Waals surface area contributed by atoms with Crippen LogP contribution in [0.3, 0.4) is 0 Å². The van der Waals surface area contributed by atoms with Crippen LogP contribution in [0.1, 0.15) is 5.69 Å². The number of hydrogen-bond donors (Lipinski definition) is 1. The second-order valence-corrected chi connectivity index (χ2v) is 12.5. The van der Waals surface area contributed by atoms with E-state index in [0.717, 1.165) is 45.0 Å². The van der Waals surface area contributed by atoms with Gasteiger partial charge in [-0.2, -0.15) is 4.31 Å². The average molecular weight is 562 g/mol. The van der Waals surface area contributed by atoms with E-state index < -0.39 is 10.0 Å². The Morgan fingerprint density at radius 3 is 2.69 bits per heavy atom. The number of anilines is 1. The summed E-state index contributed by atoms with van der Waals surface area (Å²) in [6, 6.07) is 15.2. The van der Waals surface area contributed by atoms with Crippen LogP contribution in [0.25, 0.3) is 32.7 Å². The molecule has 1 saturated heterocycles. The maximum Gasteiger partial charge on any atom is 0.252 e. The fourth-order valence-corrected chi connectivity index (χ4v) is 7.54. The van der Waals surface area contributed by atoms with Crippen LogP contribution in [0.5, 0.6) is 0 Å². The number of thiophene rings is 1. The number of benzene rings is 1. The van der Waals surface area contributed by atoms with E-state index >= 15 is 0 Å². The molecule has 0 amide bonds. The first-order valence-electron chi connectivity index (χ1n) is 12.6. The number of para-hydroxylation sites is 1. The molecule has 1 aliphatic rings. The van der Waals surface area contributed by atoms with Crippen LogP contribution in [0.4, 0.5) is 5.82 Å². The van der Waals surface area contributed by atoms with E-state index in [1.165, 1.54) is 11.3 Å². The Morgan fingerprint density at radius 2 is 1.92 bits per heavy atom. The van der Waals surface area contributed by atoms with Gasteiger partial charge in [0.25, 0.3) is 10.0 Å². The largest absolute Gasteiger partial charge is 0.368 e. The van der Waals surface area contributed by atoms with Crippen molar-refractivity contribution in [2.45, 2.75) is 11.1 Å². The molecular formula is C27H27N7O3S2. The summed E-state index contributed by atoms with van der Waals surface area (Å²) in [4.78, 5) is 16.3. The number of pyridine rings is 1. The highest BCUT2D eigenvalue weighted by atomic mass is 32.2. The van der Waals surface area contributed by atoms with Crippen LogP contribution < -0.4 is 5.32 Å². The molecule has 0 radical (unpaired) electrons. The minimum atomic E-state index is -3.55. The molecule has 6 rings (SSSR count). The predicted octanol–water partition coefficient (Wildman–Crippen LogP) is 4.14. The molecule has 1 N–H and O–H groups in total. The topological polar surface area (TPSA) is 117 Å². The molecule has 0 unspecified atom stereocenters. The Hall–Kier alpha value is -3.71. The van der Waals surface area contributed by atoms with Crippen molar-refractivity contribution >= 4 is 38.1 Å². The number of nitrogens with zero attached hydrogens (tertiary/aromatic N) is 6. The molecule has 0 atom stereocenters. The molecule has 5 aromatic rings. The number of fused-ring (bicyclic) bond motifs is 1. The third kappa shape index (κ3) is 5.28. The zero-order valence-corrected chi connectivity index (χ0v) is 23.0. The molecule has 12 heteroatoms. The number of aromatic nitrogens is 4. The van der Waals surface area contributed by atoms with Crippen molar-refractivity contribution in [1.82, 2.24) is 29.3 Å². The summed E-state index contributed by atoms with van der Waals surface area (Å²) in [5.74, 6) is 1.36. The van der Waals surface area contributed by atoms with Gasteiger partial charge in [0.1, 0.15) is 16.4 Å². The Kier molecular flexibility index (Phi) is 7.09. The Labute approximate surface area is 230 Å². The van der Waals surface area contributed by atoms with Gasteiger partial charge in [-0.05, 0) is 31.2 Å². The maximum absolute atomic E-state index is 13.2. The first-order chi connectivity index (χ1) is 19.0. The van der Waals surface area contributed by atoms with Gasteiger partial charge in [0, 0.05) is 74.2 Å². The van der Waals surface area contributed by atoms with E-state index in [4.69, 9.17) is 4.52 Å². The van der Waals surface area contributed by atoms with Crippen LogP contribution in [-0.2, 0) is 10.0 Å². The van der Waals surface area contributed by atoms with E-state index in [1.807, 2.05) is 43.5 Å². The van der Waals surface area contributed by atoms with Gasteiger partial charge in [0.2, 0.25) is 0 Å². The van der Waals surface area contributed by atoms with Gasteiger partial charge >= 0.3 is 0 Å². The van der Waals surface area contributed by atoms with Crippen LogP contribution in [0, 0.1) is 6.92 Å². The minimum absolute atomic E-state index is 0.322. The number of aryl methyl sites for hydroxylation is 1. The number of rotatable bonds is 8. The fourth-order valence-electron chi connectivity index (χ4n) is 4.71. The normalized spacial score (nSPS) is 15.1. The first kappa shape index (κ1) is 25.6. The summed E-state index contributed by atoms with van der Waals surface area (Å²) >= 11 is 1.21. The molecule has 200 valence electrons. The maximum atomic E-state index is 13.2. The lowest BCUT2D eigenvalue weighted by atomic mass is 10.0. The van der Waals surface area contributed by atoms with Crippen molar-refractivity contribution in [3.05, 3.63) is 72.9 Å². The fraction of sp³-hybridized carbons (Fsp3) is 0.259. The SMILES string of the molecule is Cc1cc(-c2ccc(S(=O)(=O)N3CCN(CCNc4ncnc5c(-c6cccnc6)cccc45)CC3)s2)on1. The van der Waals surface area contributed by atoms with E-state index in [-0.39, 0.29) is 0 Å². The number of hydrogen-bond acceptors (Lipinski definition) is 10. The van der Waals surface area contributed by atoms with Crippen molar-refractivity contribution < 1.29 is 12.9 Å². The van der Waals surface area contributed by atoms with E-state index in [9.17, 15) is 8.42 Å². The van der Waals surface area contributed by atoms with E-state index in [0.29, 0.717) is 42.7 Å². The standard InChI is InChI=1S/C27H27N7O3S2/c1-19-16-23(37-32-19)24-7-8-25(38-24)39(35,36)34-14-12-33(13-15-34)11-10-29-27-22-6-2-5-21(26(22)30-18-31-27)20-4-3-9-28-17-20/h2-9,16-18H,10-15H2,1H3,(H,29,30,31). The summed E-state index contributed by atoms with van der Waals surface area (Å²) in [6.07, 6.45) is 5.16. The Bertz CT molecular complexity index is 1690. The molecular weight excluding hydrogens is 534 g/mol. The van der Waals surface area contributed by atoms with Crippen molar-refractivity contribution in [1.29, 1.82) is 0 Å². The second-order valence-electron chi connectivity index (χ2n) is 9.29. The summed E-state index contributed by atoms with van der Waals surface area (Å²) in [6.45, 7) is 5.51. The van der Waals surface area contributed by atoms with E-state index in [2.05, 4.69) is 30.3 Å². The highest BCUT2D eigenvalue weighted by Crippen LogP contribution is 2.33. The van der Waals surface area contributed by atoms with Gasteiger partial charge in [0.05, 0.1) is 16.1 Å². The molecule has 1 fully saturated rings.